The summed E-state index contributed by atoms with van der Waals surface area (Å²) in [5.74, 6) is -0.391. The van der Waals surface area contributed by atoms with E-state index < -0.39 is 5.79 Å². The highest BCUT2D eigenvalue weighted by Crippen LogP contribution is 2.21. The third-order valence-electron chi connectivity index (χ3n) is 2.99. The van der Waals surface area contributed by atoms with Gasteiger partial charge >= 0.3 is 0 Å². The van der Waals surface area contributed by atoms with E-state index in [9.17, 15) is 0 Å². The first kappa shape index (κ1) is 11.3. The van der Waals surface area contributed by atoms with Gasteiger partial charge in [-0.2, -0.15) is 0 Å². The lowest BCUT2D eigenvalue weighted by Gasteiger charge is -2.18. The van der Waals surface area contributed by atoms with E-state index in [1.54, 1.807) is 0 Å². The summed E-state index contributed by atoms with van der Waals surface area (Å²) < 4.78 is 11.2. The van der Waals surface area contributed by atoms with Gasteiger partial charge in [-0.1, -0.05) is 0 Å². The van der Waals surface area contributed by atoms with E-state index in [0.29, 0.717) is 12.6 Å². The van der Waals surface area contributed by atoms with Crippen molar-refractivity contribution in [2.45, 2.75) is 44.6 Å². The third-order valence-corrected chi connectivity index (χ3v) is 2.99. The van der Waals surface area contributed by atoms with E-state index in [0.717, 1.165) is 13.1 Å². The molecule has 2 N–H and O–H groups in total. The first-order valence-electron chi connectivity index (χ1n) is 5.91. The lowest BCUT2D eigenvalue weighted by Crippen LogP contribution is -2.38. The molecule has 0 amide bonds. The van der Waals surface area contributed by atoms with Crippen molar-refractivity contribution in [1.29, 1.82) is 0 Å². The van der Waals surface area contributed by atoms with Crippen LogP contribution in [0.25, 0.3) is 0 Å². The van der Waals surface area contributed by atoms with Crippen LogP contribution in [0.2, 0.25) is 0 Å². The Morgan fingerprint density at radius 1 is 1.40 bits per heavy atom. The Kier molecular flexibility index (Phi) is 3.61. The van der Waals surface area contributed by atoms with Crippen LogP contribution in [-0.2, 0) is 9.47 Å². The van der Waals surface area contributed by atoms with E-state index in [1.807, 2.05) is 13.8 Å². The summed E-state index contributed by atoms with van der Waals surface area (Å²) in [6, 6.07) is 0.653. The van der Waals surface area contributed by atoms with Crippen molar-refractivity contribution >= 4 is 0 Å². The van der Waals surface area contributed by atoms with Crippen LogP contribution < -0.4 is 10.6 Å². The molecule has 2 unspecified atom stereocenters. The quantitative estimate of drug-likeness (QED) is 0.714. The van der Waals surface area contributed by atoms with Crippen LogP contribution in [0, 0.1) is 0 Å². The van der Waals surface area contributed by atoms with Crippen molar-refractivity contribution in [3.05, 3.63) is 0 Å². The molecule has 2 heterocycles. The zero-order chi connectivity index (χ0) is 10.7. The molecule has 2 aliphatic rings. The van der Waals surface area contributed by atoms with Crippen LogP contribution >= 0.6 is 0 Å². The molecule has 0 bridgehead atoms. The van der Waals surface area contributed by atoms with E-state index in [1.165, 1.54) is 19.4 Å². The maximum absolute atomic E-state index is 5.71. The highest BCUT2D eigenvalue weighted by molar-refractivity contribution is 4.78. The molecule has 88 valence electrons. The summed E-state index contributed by atoms with van der Waals surface area (Å²) in [5, 5.41) is 6.90. The average molecular weight is 214 g/mol. The molecule has 2 rings (SSSR count). The molecule has 0 aliphatic carbocycles. The largest absolute Gasteiger partial charge is 0.348 e. The normalized spacial score (nSPS) is 34.8. The van der Waals surface area contributed by atoms with Crippen LogP contribution in [-0.4, -0.2) is 44.2 Å². The summed E-state index contributed by atoms with van der Waals surface area (Å²) >= 11 is 0. The van der Waals surface area contributed by atoms with Crippen molar-refractivity contribution in [1.82, 2.24) is 10.6 Å². The predicted molar refractivity (Wildman–Crippen MR) is 58.8 cm³/mol. The van der Waals surface area contributed by atoms with Crippen LogP contribution in [0.3, 0.4) is 0 Å². The predicted octanol–water partition coefficient (Wildman–Crippen LogP) is 0.480. The fourth-order valence-corrected chi connectivity index (χ4v) is 2.21. The van der Waals surface area contributed by atoms with Gasteiger partial charge in [0.1, 0.15) is 0 Å². The Bertz CT molecular complexity index is 203. The summed E-state index contributed by atoms with van der Waals surface area (Å²) in [4.78, 5) is 0. The standard InChI is InChI=1S/C11H22N2O2/c1-11(2)14-8-10(15-11)7-12-6-9-4-3-5-13-9/h9-10,12-13H,3-8H2,1-2H3. The first-order valence-corrected chi connectivity index (χ1v) is 5.91. The topological polar surface area (TPSA) is 42.5 Å². The molecular weight excluding hydrogens is 192 g/mol. The second-order valence-corrected chi connectivity index (χ2v) is 4.90. The Labute approximate surface area is 91.7 Å². The first-order chi connectivity index (χ1) is 7.16. The van der Waals surface area contributed by atoms with Gasteiger partial charge in [-0.05, 0) is 33.2 Å². The average Bonchev–Trinajstić information content (AvgIpc) is 2.76. The number of rotatable bonds is 4. The van der Waals surface area contributed by atoms with E-state index in [-0.39, 0.29) is 6.10 Å². The maximum atomic E-state index is 5.71. The molecule has 15 heavy (non-hydrogen) atoms. The number of ether oxygens (including phenoxy) is 2. The van der Waals surface area contributed by atoms with E-state index in [4.69, 9.17) is 9.47 Å². The molecule has 4 nitrogen and oxygen atoms in total. The summed E-state index contributed by atoms with van der Waals surface area (Å²) in [7, 11) is 0. The van der Waals surface area contributed by atoms with Gasteiger partial charge in [0, 0.05) is 19.1 Å². The smallest absolute Gasteiger partial charge is 0.163 e. The van der Waals surface area contributed by atoms with Crippen LogP contribution in [0.5, 0.6) is 0 Å². The number of hydrogen-bond acceptors (Lipinski definition) is 4. The van der Waals surface area contributed by atoms with Crippen molar-refractivity contribution < 1.29 is 9.47 Å². The zero-order valence-electron chi connectivity index (χ0n) is 9.71. The molecule has 2 aliphatic heterocycles. The fraction of sp³-hybridized carbons (Fsp3) is 1.00. The molecule has 0 aromatic carbocycles. The van der Waals surface area contributed by atoms with Crippen LogP contribution in [0.4, 0.5) is 0 Å². The van der Waals surface area contributed by atoms with Gasteiger partial charge in [-0.3, -0.25) is 0 Å². The molecule has 0 radical (unpaired) electrons. The minimum absolute atomic E-state index is 0.210. The van der Waals surface area contributed by atoms with E-state index >= 15 is 0 Å². The number of hydrogen-bond donors (Lipinski definition) is 2. The molecule has 2 saturated heterocycles. The molecule has 0 saturated carbocycles. The lowest BCUT2D eigenvalue weighted by molar-refractivity contribution is -0.137. The van der Waals surface area contributed by atoms with Crippen molar-refractivity contribution in [3.8, 4) is 0 Å². The van der Waals surface area contributed by atoms with Crippen molar-refractivity contribution in [2.75, 3.05) is 26.2 Å². The second kappa shape index (κ2) is 4.78. The van der Waals surface area contributed by atoms with Crippen LogP contribution in [0.15, 0.2) is 0 Å². The SMILES string of the molecule is CC1(C)OCC(CNCC2CCCN2)O1. The number of nitrogens with one attached hydrogen (secondary N) is 2. The maximum Gasteiger partial charge on any atom is 0.163 e. The Morgan fingerprint density at radius 3 is 2.87 bits per heavy atom. The lowest BCUT2D eigenvalue weighted by atomic mass is 10.2. The van der Waals surface area contributed by atoms with Gasteiger partial charge in [-0.25, -0.2) is 0 Å². The van der Waals surface area contributed by atoms with Gasteiger partial charge in [0.2, 0.25) is 0 Å². The molecule has 4 heteroatoms. The molecular formula is C11H22N2O2. The molecule has 0 aromatic heterocycles. The molecule has 2 atom stereocenters. The van der Waals surface area contributed by atoms with Gasteiger partial charge in [0.25, 0.3) is 0 Å². The molecule has 0 spiro atoms. The highest BCUT2D eigenvalue weighted by atomic mass is 16.7. The second-order valence-electron chi connectivity index (χ2n) is 4.90. The minimum atomic E-state index is -0.391. The summed E-state index contributed by atoms with van der Waals surface area (Å²) in [6.45, 7) is 7.74. The molecule has 0 aromatic rings. The Balaban J connectivity index is 1.58. The zero-order valence-corrected chi connectivity index (χ0v) is 9.71. The van der Waals surface area contributed by atoms with E-state index in [2.05, 4.69) is 10.6 Å². The third kappa shape index (κ3) is 3.41. The van der Waals surface area contributed by atoms with Gasteiger partial charge in [0.15, 0.2) is 5.79 Å². The fourth-order valence-electron chi connectivity index (χ4n) is 2.21. The van der Waals surface area contributed by atoms with Crippen LogP contribution in [0.1, 0.15) is 26.7 Å². The van der Waals surface area contributed by atoms with Crippen molar-refractivity contribution in [2.24, 2.45) is 0 Å². The minimum Gasteiger partial charge on any atom is -0.348 e. The monoisotopic (exact) mass is 214 g/mol. The Hall–Kier alpha value is -0.160. The van der Waals surface area contributed by atoms with Gasteiger partial charge in [0.05, 0.1) is 12.7 Å². The highest BCUT2D eigenvalue weighted by Gasteiger charge is 2.32. The summed E-state index contributed by atoms with van der Waals surface area (Å²) in [6.07, 6.45) is 2.81. The van der Waals surface area contributed by atoms with Gasteiger partial charge in [-0.15, -0.1) is 0 Å². The Morgan fingerprint density at radius 2 is 2.27 bits per heavy atom. The van der Waals surface area contributed by atoms with Gasteiger partial charge < -0.3 is 20.1 Å². The summed E-state index contributed by atoms with van der Waals surface area (Å²) in [5.41, 5.74) is 0. The van der Waals surface area contributed by atoms with Crippen molar-refractivity contribution in [3.63, 3.8) is 0 Å². The molecule has 2 fully saturated rings.